The first-order valence-electron chi connectivity index (χ1n) is 7.39. The van der Waals surface area contributed by atoms with Gasteiger partial charge in [-0.05, 0) is 13.8 Å². The van der Waals surface area contributed by atoms with Gasteiger partial charge in [-0.1, -0.05) is 60.7 Å². The van der Waals surface area contributed by atoms with Crippen molar-refractivity contribution in [3.8, 4) is 0 Å². The Kier molecular flexibility index (Phi) is 4.56. The lowest BCUT2D eigenvalue weighted by Crippen LogP contribution is -2.17. The van der Waals surface area contributed by atoms with E-state index in [-0.39, 0.29) is 5.54 Å². The fourth-order valence-corrected chi connectivity index (χ4v) is 4.00. The zero-order chi connectivity index (χ0) is 15.4. The molecule has 0 spiro atoms. The van der Waals surface area contributed by atoms with Crippen LogP contribution in [0, 0.1) is 0 Å². The van der Waals surface area contributed by atoms with E-state index in [0.29, 0.717) is 19.1 Å². The number of benzene rings is 2. The van der Waals surface area contributed by atoms with Gasteiger partial charge in [0.15, 0.2) is 0 Å². The lowest BCUT2D eigenvalue weighted by Gasteiger charge is -2.18. The second-order valence-electron chi connectivity index (χ2n) is 5.85. The molecule has 4 heteroatoms. The van der Waals surface area contributed by atoms with Gasteiger partial charge in [-0.25, -0.2) is 4.99 Å². The largest absolute Gasteiger partial charge is 0.477 e. The molecule has 114 valence electrons. The van der Waals surface area contributed by atoms with E-state index < -0.39 is 8.15 Å². The van der Waals surface area contributed by atoms with Gasteiger partial charge in [-0.2, -0.15) is 0 Å². The van der Waals surface area contributed by atoms with Crippen molar-refractivity contribution in [3.05, 3.63) is 60.7 Å². The molecule has 0 N–H and O–H groups in total. The average Bonchev–Trinajstić information content (AvgIpc) is 2.89. The lowest BCUT2D eigenvalue weighted by atomic mass is 10.1. The minimum Gasteiger partial charge on any atom is -0.477 e. The van der Waals surface area contributed by atoms with Crippen LogP contribution in [-0.2, 0) is 9.26 Å². The third-order valence-electron chi connectivity index (χ3n) is 3.32. The molecular weight excluding hydrogens is 293 g/mol. The van der Waals surface area contributed by atoms with Crippen molar-refractivity contribution in [1.82, 2.24) is 0 Å². The third-order valence-corrected chi connectivity index (χ3v) is 5.24. The van der Waals surface area contributed by atoms with Crippen molar-refractivity contribution in [2.45, 2.75) is 19.4 Å². The number of ether oxygens (including phenoxy) is 1. The van der Waals surface area contributed by atoms with Gasteiger partial charge in [-0.15, -0.1) is 0 Å². The van der Waals surface area contributed by atoms with Crippen molar-refractivity contribution in [2.75, 3.05) is 13.2 Å². The average molecular weight is 313 g/mol. The lowest BCUT2D eigenvalue weighted by molar-refractivity contribution is 0.260. The van der Waals surface area contributed by atoms with Crippen LogP contribution in [0.2, 0.25) is 0 Å². The van der Waals surface area contributed by atoms with Gasteiger partial charge in [0.1, 0.15) is 13.2 Å². The van der Waals surface area contributed by atoms with Gasteiger partial charge >= 0.3 is 0 Å². The predicted molar refractivity (Wildman–Crippen MR) is 92.5 cm³/mol. The molecule has 0 saturated heterocycles. The van der Waals surface area contributed by atoms with Crippen LogP contribution in [0.5, 0.6) is 0 Å². The smallest absolute Gasteiger partial charge is 0.211 e. The zero-order valence-electron chi connectivity index (χ0n) is 12.9. The molecule has 0 aromatic heterocycles. The summed E-state index contributed by atoms with van der Waals surface area (Å²) in [5, 5.41) is 2.39. The first-order chi connectivity index (χ1) is 10.6. The molecule has 0 unspecified atom stereocenters. The summed E-state index contributed by atoms with van der Waals surface area (Å²) >= 11 is 0. The highest BCUT2D eigenvalue weighted by molar-refractivity contribution is 7.68. The molecule has 0 radical (unpaired) electrons. The Morgan fingerprint density at radius 3 is 2.00 bits per heavy atom. The summed E-state index contributed by atoms with van der Waals surface area (Å²) in [5.41, 5.74) is -0.138. The maximum Gasteiger partial charge on any atom is 0.211 e. The topological polar surface area (TPSA) is 30.8 Å². The summed E-state index contributed by atoms with van der Waals surface area (Å²) in [7, 11) is -0.859. The van der Waals surface area contributed by atoms with E-state index in [2.05, 4.69) is 43.1 Å². The normalized spacial score (nSPS) is 16.4. The number of nitrogens with zero attached hydrogens (tertiary/aromatic N) is 1. The van der Waals surface area contributed by atoms with Crippen LogP contribution in [0.3, 0.4) is 0 Å². The van der Waals surface area contributed by atoms with Gasteiger partial charge < -0.3 is 9.26 Å². The Morgan fingerprint density at radius 1 is 1.00 bits per heavy atom. The van der Waals surface area contributed by atoms with E-state index >= 15 is 0 Å². The molecule has 0 saturated carbocycles. The van der Waals surface area contributed by atoms with E-state index in [4.69, 9.17) is 9.26 Å². The van der Waals surface area contributed by atoms with E-state index in [1.807, 2.05) is 36.4 Å². The first-order valence-corrected chi connectivity index (χ1v) is 8.65. The van der Waals surface area contributed by atoms with Gasteiger partial charge in [-0.3, -0.25) is 0 Å². The maximum atomic E-state index is 6.20. The van der Waals surface area contributed by atoms with Crippen molar-refractivity contribution >= 4 is 24.7 Å². The van der Waals surface area contributed by atoms with E-state index in [1.54, 1.807) is 0 Å². The van der Waals surface area contributed by atoms with Crippen molar-refractivity contribution < 1.29 is 9.26 Å². The van der Waals surface area contributed by atoms with E-state index in [9.17, 15) is 0 Å². The van der Waals surface area contributed by atoms with E-state index in [1.165, 1.54) is 10.6 Å². The van der Waals surface area contributed by atoms with Crippen LogP contribution in [0.1, 0.15) is 13.8 Å². The van der Waals surface area contributed by atoms with Gasteiger partial charge in [0.2, 0.25) is 5.90 Å². The Bertz CT molecular complexity index is 601. The standard InChI is InChI=1S/C18H20NO2P/c1-18(2)14-20-17(19-18)13-21-22(15-9-5-3-6-10-15)16-11-7-4-8-12-16/h3-12H,13-14H2,1-2H3. The highest BCUT2D eigenvalue weighted by Gasteiger charge is 2.27. The number of aliphatic imine (C=N–C) groups is 1. The third kappa shape index (κ3) is 3.73. The van der Waals surface area contributed by atoms with Gasteiger partial charge in [0, 0.05) is 10.6 Å². The fraction of sp³-hybridized carbons (Fsp3) is 0.278. The molecule has 2 aromatic rings. The molecule has 1 heterocycles. The molecule has 3 rings (SSSR count). The zero-order valence-corrected chi connectivity index (χ0v) is 13.8. The Labute approximate surface area is 132 Å². The second-order valence-corrected chi connectivity index (χ2v) is 7.73. The minimum atomic E-state index is -0.859. The van der Waals surface area contributed by atoms with Crippen LogP contribution in [0.25, 0.3) is 0 Å². The van der Waals surface area contributed by atoms with Crippen LogP contribution < -0.4 is 10.6 Å². The van der Waals surface area contributed by atoms with Crippen molar-refractivity contribution in [2.24, 2.45) is 4.99 Å². The van der Waals surface area contributed by atoms with Crippen LogP contribution in [0.15, 0.2) is 65.7 Å². The first kappa shape index (κ1) is 15.2. The molecule has 1 aliphatic rings. The van der Waals surface area contributed by atoms with Crippen molar-refractivity contribution in [1.29, 1.82) is 0 Å². The summed E-state index contributed by atoms with van der Waals surface area (Å²) in [5.74, 6) is 0.698. The Balaban J connectivity index is 1.78. The molecular formula is C18H20NO2P. The maximum absolute atomic E-state index is 6.20. The van der Waals surface area contributed by atoms with Gasteiger partial charge in [0.05, 0.1) is 13.7 Å². The summed E-state index contributed by atoms with van der Waals surface area (Å²) < 4.78 is 11.8. The molecule has 1 aliphatic heterocycles. The van der Waals surface area contributed by atoms with E-state index in [0.717, 1.165) is 0 Å². The van der Waals surface area contributed by atoms with Crippen LogP contribution in [-0.4, -0.2) is 24.7 Å². The summed E-state index contributed by atoms with van der Waals surface area (Å²) in [6.45, 7) is 5.17. The summed E-state index contributed by atoms with van der Waals surface area (Å²) in [6.07, 6.45) is 0. The molecule has 0 fully saturated rings. The number of hydrogen-bond acceptors (Lipinski definition) is 3. The molecule has 3 nitrogen and oxygen atoms in total. The van der Waals surface area contributed by atoms with Crippen LogP contribution >= 0.6 is 8.15 Å². The Hall–Kier alpha value is -1.70. The summed E-state index contributed by atoms with van der Waals surface area (Å²) in [6, 6.07) is 20.7. The van der Waals surface area contributed by atoms with Crippen LogP contribution in [0.4, 0.5) is 0 Å². The summed E-state index contributed by atoms with van der Waals surface area (Å²) in [4.78, 5) is 4.56. The number of rotatable bonds is 5. The highest BCUT2D eigenvalue weighted by atomic mass is 31.1. The highest BCUT2D eigenvalue weighted by Crippen LogP contribution is 2.35. The SMILES string of the molecule is CC1(C)COC(COP(c2ccccc2)c2ccccc2)=N1. The molecule has 0 bridgehead atoms. The molecule has 22 heavy (non-hydrogen) atoms. The van der Waals surface area contributed by atoms with Crippen molar-refractivity contribution in [3.63, 3.8) is 0 Å². The quantitative estimate of drug-likeness (QED) is 0.793. The van der Waals surface area contributed by atoms with Gasteiger partial charge in [0.25, 0.3) is 0 Å². The molecule has 0 aliphatic carbocycles. The molecule has 2 aromatic carbocycles. The second kappa shape index (κ2) is 6.60. The fourth-order valence-electron chi connectivity index (χ4n) is 2.28. The Morgan fingerprint density at radius 2 is 1.55 bits per heavy atom. The molecule has 0 atom stereocenters. The minimum absolute atomic E-state index is 0.138. The monoisotopic (exact) mass is 313 g/mol. The predicted octanol–water partition coefficient (Wildman–Crippen LogP) is 3.26. The molecule has 0 amide bonds. The number of hydrogen-bond donors (Lipinski definition) is 0.